The lowest BCUT2D eigenvalue weighted by Gasteiger charge is -2.37. The van der Waals surface area contributed by atoms with E-state index in [1.807, 2.05) is 0 Å². The highest BCUT2D eigenvalue weighted by Gasteiger charge is 2.24. The molecule has 1 aliphatic rings. The number of rotatable bonds is 2. The van der Waals surface area contributed by atoms with Crippen LogP contribution in [0.25, 0.3) is 0 Å². The van der Waals surface area contributed by atoms with Crippen LogP contribution in [0, 0.1) is 0 Å². The Bertz CT molecular complexity index is 212. The maximum absolute atomic E-state index is 5.98. The summed E-state index contributed by atoms with van der Waals surface area (Å²) in [5.41, 5.74) is 5.98. The molecule has 4 nitrogen and oxygen atoms in total. The number of hydrogen-bond acceptors (Lipinski definition) is 3. The number of nitrogens with zero attached hydrogens (tertiary/aromatic N) is 3. The molecule has 1 fully saturated rings. The Morgan fingerprint density at radius 2 is 2.00 bits per heavy atom. The number of aliphatic imine (C=N–C) groups is 1. The first-order valence-electron chi connectivity index (χ1n) is 5.22. The van der Waals surface area contributed by atoms with Crippen LogP contribution < -0.4 is 5.73 Å². The molecule has 14 heavy (non-hydrogen) atoms. The molecule has 4 heteroatoms. The monoisotopic (exact) mass is 198 g/mol. The summed E-state index contributed by atoms with van der Waals surface area (Å²) in [5, 5.41) is 0. The molecule has 0 aromatic carbocycles. The van der Waals surface area contributed by atoms with E-state index in [1.54, 1.807) is 0 Å². The molecule has 1 rings (SSSR count). The topological polar surface area (TPSA) is 44.9 Å². The maximum atomic E-state index is 5.98. The predicted octanol–water partition coefficient (Wildman–Crippen LogP) is -0.00220. The molecule has 82 valence electrons. The van der Waals surface area contributed by atoms with Gasteiger partial charge in [0.2, 0.25) is 0 Å². The summed E-state index contributed by atoms with van der Waals surface area (Å²) in [5.74, 6) is 0.772. The molecule has 1 heterocycles. The molecule has 0 radical (unpaired) electrons. The molecule has 1 aliphatic heterocycles. The first-order valence-corrected chi connectivity index (χ1v) is 5.22. The Labute approximate surface area is 86.8 Å². The summed E-state index contributed by atoms with van der Waals surface area (Å²) in [6.07, 6.45) is 0. The van der Waals surface area contributed by atoms with Crippen molar-refractivity contribution in [2.45, 2.75) is 25.9 Å². The maximum Gasteiger partial charge on any atom is 0.113 e. The Morgan fingerprint density at radius 1 is 1.36 bits per heavy atom. The summed E-state index contributed by atoms with van der Waals surface area (Å²) < 4.78 is 0. The molecule has 0 bridgehead atoms. The van der Waals surface area contributed by atoms with Crippen molar-refractivity contribution in [1.82, 2.24) is 9.80 Å². The zero-order valence-corrected chi connectivity index (χ0v) is 9.70. The lowest BCUT2D eigenvalue weighted by molar-refractivity contribution is 0.150. The van der Waals surface area contributed by atoms with E-state index in [9.17, 15) is 0 Å². The molecule has 0 saturated carbocycles. The van der Waals surface area contributed by atoms with Crippen molar-refractivity contribution in [2.24, 2.45) is 10.7 Å². The van der Waals surface area contributed by atoms with Crippen LogP contribution in [0.2, 0.25) is 0 Å². The van der Waals surface area contributed by atoms with Crippen molar-refractivity contribution >= 4 is 5.84 Å². The van der Waals surface area contributed by atoms with Crippen LogP contribution in [0.3, 0.4) is 0 Å². The van der Waals surface area contributed by atoms with Gasteiger partial charge in [-0.3, -0.25) is 9.89 Å². The van der Waals surface area contributed by atoms with Crippen molar-refractivity contribution in [2.75, 3.05) is 33.7 Å². The van der Waals surface area contributed by atoms with Crippen molar-refractivity contribution in [3.05, 3.63) is 0 Å². The van der Waals surface area contributed by atoms with Gasteiger partial charge in [0.1, 0.15) is 5.84 Å². The molecule has 1 unspecified atom stereocenters. The number of piperazine rings is 1. The minimum Gasteiger partial charge on any atom is -0.386 e. The summed E-state index contributed by atoms with van der Waals surface area (Å²) >= 11 is 0. The van der Waals surface area contributed by atoms with E-state index in [0.29, 0.717) is 0 Å². The molecular formula is C10H22N4. The van der Waals surface area contributed by atoms with Gasteiger partial charge in [-0.05, 0) is 27.9 Å². The fourth-order valence-corrected chi connectivity index (χ4v) is 1.71. The number of nitrogens with two attached hydrogens (primary N) is 1. The molecule has 0 aromatic rings. The largest absolute Gasteiger partial charge is 0.386 e. The molecule has 0 aliphatic carbocycles. The van der Waals surface area contributed by atoms with Crippen LogP contribution >= 0.6 is 0 Å². The van der Waals surface area contributed by atoms with Crippen LogP contribution in [0.15, 0.2) is 4.99 Å². The Morgan fingerprint density at radius 3 is 2.57 bits per heavy atom. The lowest BCUT2D eigenvalue weighted by atomic mass is 10.1. The smallest absolute Gasteiger partial charge is 0.113 e. The van der Waals surface area contributed by atoms with Gasteiger partial charge in [-0.25, -0.2) is 0 Å². The van der Waals surface area contributed by atoms with E-state index >= 15 is 0 Å². The van der Waals surface area contributed by atoms with Gasteiger partial charge in [-0.1, -0.05) is 0 Å². The highest BCUT2D eigenvalue weighted by Crippen LogP contribution is 2.06. The van der Waals surface area contributed by atoms with Crippen LogP contribution in [-0.2, 0) is 0 Å². The van der Waals surface area contributed by atoms with Gasteiger partial charge < -0.3 is 10.6 Å². The van der Waals surface area contributed by atoms with Crippen molar-refractivity contribution < 1.29 is 0 Å². The summed E-state index contributed by atoms with van der Waals surface area (Å²) in [4.78, 5) is 8.99. The molecule has 0 amide bonds. The third-order valence-electron chi connectivity index (χ3n) is 2.60. The van der Waals surface area contributed by atoms with Crippen LogP contribution in [0.4, 0.5) is 0 Å². The average Bonchev–Trinajstić information content (AvgIpc) is 2.08. The number of hydrogen-bond donors (Lipinski definition) is 1. The van der Waals surface area contributed by atoms with Gasteiger partial charge in [-0.15, -0.1) is 0 Å². The predicted molar refractivity (Wildman–Crippen MR) is 60.7 cm³/mol. The van der Waals surface area contributed by atoms with Crippen molar-refractivity contribution in [1.29, 1.82) is 0 Å². The van der Waals surface area contributed by atoms with E-state index in [4.69, 9.17) is 5.73 Å². The molecular weight excluding hydrogens is 176 g/mol. The van der Waals surface area contributed by atoms with Crippen molar-refractivity contribution in [3.8, 4) is 0 Å². The summed E-state index contributed by atoms with van der Waals surface area (Å²) in [6, 6.07) is 0.576. The summed E-state index contributed by atoms with van der Waals surface area (Å²) in [7, 11) is 4.24. The average molecular weight is 198 g/mol. The van der Waals surface area contributed by atoms with Crippen LogP contribution in [-0.4, -0.2) is 61.4 Å². The minimum atomic E-state index is 0.288. The van der Waals surface area contributed by atoms with E-state index in [2.05, 4.69) is 42.7 Å². The fraction of sp³-hybridized carbons (Fsp3) is 0.900. The fourth-order valence-electron chi connectivity index (χ4n) is 1.71. The van der Waals surface area contributed by atoms with E-state index < -0.39 is 0 Å². The van der Waals surface area contributed by atoms with E-state index in [-0.39, 0.29) is 12.1 Å². The second-order valence-electron chi connectivity index (χ2n) is 4.41. The SMILES string of the molecule is CC(C)N=C(N)C1CN(C)CCN1C. The van der Waals surface area contributed by atoms with E-state index in [1.165, 1.54) is 0 Å². The first-order chi connectivity index (χ1) is 6.50. The zero-order valence-electron chi connectivity index (χ0n) is 9.70. The van der Waals surface area contributed by atoms with Crippen LogP contribution in [0.1, 0.15) is 13.8 Å². The normalized spacial score (nSPS) is 27.2. The summed E-state index contributed by atoms with van der Waals surface area (Å²) in [6.45, 7) is 7.27. The van der Waals surface area contributed by atoms with Gasteiger partial charge in [0.15, 0.2) is 0 Å². The molecule has 1 saturated heterocycles. The minimum absolute atomic E-state index is 0.288. The third kappa shape index (κ3) is 2.96. The molecule has 0 aromatic heterocycles. The van der Waals surface area contributed by atoms with Gasteiger partial charge in [0.25, 0.3) is 0 Å². The van der Waals surface area contributed by atoms with Gasteiger partial charge in [0, 0.05) is 25.7 Å². The Kier molecular flexibility index (Phi) is 3.89. The van der Waals surface area contributed by atoms with Gasteiger partial charge in [-0.2, -0.15) is 0 Å². The van der Waals surface area contributed by atoms with Crippen LogP contribution in [0.5, 0.6) is 0 Å². The number of likely N-dealkylation sites (N-methyl/N-ethyl adjacent to an activating group) is 2. The van der Waals surface area contributed by atoms with Gasteiger partial charge in [0.05, 0.1) is 6.04 Å². The zero-order chi connectivity index (χ0) is 10.7. The highest BCUT2D eigenvalue weighted by molar-refractivity contribution is 5.86. The van der Waals surface area contributed by atoms with Crippen molar-refractivity contribution in [3.63, 3.8) is 0 Å². The Hall–Kier alpha value is -0.610. The Balaban J connectivity index is 2.64. The standard InChI is InChI=1S/C10H22N4/c1-8(2)12-10(11)9-7-13(3)5-6-14(9)4/h8-9H,5-7H2,1-4H3,(H2,11,12). The quantitative estimate of drug-likeness (QED) is 0.502. The molecule has 0 spiro atoms. The second kappa shape index (κ2) is 4.75. The first kappa shape index (κ1) is 11.5. The molecule has 1 atom stereocenters. The third-order valence-corrected chi connectivity index (χ3v) is 2.60. The highest BCUT2D eigenvalue weighted by atomic mass is 15.3. The van der Waals surface area contributed by atoms with Gasteiger partial charge >= 0.3 is 0 Å². The lowest BCUT2D eigenvalue weighted by Crippen LogP contribution is -2.55. The van der Waals surface area contributed by atoms with E-state index in [0.717, 1.165) is 25.5 Å². The number of amidine groups is 1. The second-order valence-corrected chi connectivity index (χ2v) is 4.41. The molecule has 2 N–H and O–H groups in total.